The topological polar surface area (TPSA) is 34.1 Å². The Morgan fingerprint density at radius 1 is 1.26 bits per heavy atom. The van der Waals surface area contributed by atoms with Gasteiger partial charge in [0.1, 0.15) is 5.75 Å². The van der Waals surface area contributed by atoms with Gasteiger partial charge in [-0.1, -0.05) is 13.0 Å². The Morgan fingerprint density at radius 2 is 2.05 bits per heavy atom. The highest BCUT2D eigenvalue weighted by Gasteiger charge is 2.03. The Morgan fingerprint density at radius 3 is 2.79 bits per heavy atom. The average Bonchev–Trinajstić information content (AvgIpc) is 2.39. The molecule has 3 nitrogen and oxygen atoms in total. The minimum absolute atomic E-state index is 0.175. The molecule has 2 aromatic rings. The molecule has 100 valence electrons. The number of nitrogens with one attached hydrogen (secondary N) is 1. The van der Waals surface area contributed by atoms with Gasteiger partial charge >= 0.3 is 0 Å². The van der Waals surface area contributed by atoms with Crippen molar-refractivity contribution in [1.82, 2.24) is 4.98 Å². The molecule has 19 heavy (non-hydrogen) atoms. The molecule has 2 rings (SSSR count). The van der Waals surface area contributed by atoms with Crippen LogP contribution in [-0.4, -0.2) is 11.1 Å². The van der Waals surface area contributed by atoms with E-state index in [-0.39, 0.29) is 6.10 Å². The van der Waals surface area contributed by atoms with Gasteiger partial charge in [0.15, 0.2) is 0 Å². The van der Waals surface area contributed by atoms with Crippen molar-refractivity contribution in [1.29, 1.82) is 0 Å². The van der Waals surface area contributed by atoms with Crippen molar-refractivity contribution < 1.29 is 9.13 Å². The molecule has 4 heteroatoms. The largest absolute Gasteiger partial charge is 0.491 e. The predicted octanol–water partition coefficient (Wildman–Crippen LogP) is 4.14. The molecule has 1 atom stereocenters. The van der Waals surface area contributed by atoms with Crippen molar-refractivity contribution in [2.24, 2.45) is 0 Å². The lowest BCUT2D eigenvalue weighted by Gasteiger charge is -2.14. The highest BCUT2D eigenvalue weighted by Crippen LogP contribution is 2.22. The molecular weight excluding hydrogens is 243 g/mol. The molecule has 1 aromatic carbocycles. The molecule has 1 aromatic heterocycles. The van der Waals surface area contributed by atoms with Crippen molar-refractivity contribution in [2.45, 2.75) is 26.4 Å². The van der Waals surface area contributed by atoms with Crippen LogP contribution >= 0.6 is 0 Å². The molecule has 0 bridgehead atoms. The lowest BCUT2D eigenvalue weighted by Crippen LogP contribution is -2.09. The lowest BCUT2D eigenvalue weighted by atomic mass is 10.2. The van der Waals surface area contributed by atoms with E-state index in [4.69, 9.17) is 4.74 Å². The van der Waals surface area contributed by atoms with E-state index < -0.39 is 5.95 Å². The molecule has 0 amide bonds. The summed E-state index contributed by atoms with van der Waals surface area (Å²) in [4.78, 5) is 3.52. The molecule has 0 aliphatic heterocycles. The highest BCUT2D eigenvalue weighted by molar-refractivity contribution is 5.60. The maximum atomic E-state index is 13.0. The van der Waals surface area contributed by atoms with Crippen LogP contribution in [0.5, 0.6) is 5.75 Å². The average molecular weight is 260 g/mol. The van der Waals surface area contributed by atoms with E-state index in [0.29, 0.717) is 5.69 Å². The number of halogens is 1. The summed E-state index contributed by atoms with van der Waals surface area (Å²) in [5, 5.41) is 3.12. The maximum Gasteiger partial charge on any atom is 0.214 e. The Balaban J connectivity index is 2.10. The van der Waals surface area contributed by atoms with Crippen LogP contribution in [-0.2, 0) is 0 Å². The highest BCUT2D eigenvalue weighted by atomic mass is 19.1. The second-order valence-corrected chi connectivity index (χ2v) is 4.36. The molecule has 0 saturated carbocycles. The molecule has 0 spiro atoms. The third-order valence-electron chi connectivity index (χ3n) is 2.76. The monoisotopic (exact) mass is 260 g/mol. The summed E-state index contributed by atoms with van der Waals surface area (Å²) in [6, 6.07) is 10.7. The fraction of sp³-hybridized carbons (Fsp3) is 0.267. The van der Waals surface area contributed by atoms with Crippen molar-refractivity contribution >= 4 is 11.4 Å². The summed E-state index contributed by atoms with van der Waals surface area (Å²) in [7, 11) is 0. The molecule has 0 fully saturated rings. The first-order valence-corrected chi connectivity index (χ1v) is 6.32. The molecule has 0 radical (unpaired) electrons. The first-order chi connectivity index (χ1) is 9.17. The van der Waals surface area contributed by atoms with E-state index in [1.165, 1.54) is 12.3 Å². The molecule has 1 unspecified atom stereocenters. The molecule has 0 saturated heterocycles. The van der Waals surface area contributed by atoms with Crippen molar-refractivity contribution in [3.8, 4) is 5.75 Å². The standard InChI is InChI=1S/C15H17FN2O/c1-3-11(2)19-14-6-4-5-12(9-14)18-13-7-8-17-15(16)10-13/h4-11H,3H2,1-2H3,(H,17,18). The van der Waals surface area contributed by atoms with E-state index >= 15 is 0 Å². The first-order valence-electron chi connectivity index (χ1n) is 6.32. The Labute approximate surface area is 112 Å². The van der Waals surface area contributed by atoms with Gasteiger partial charge in [-0.15, -0.1) is 0 Å². The number of aromatic nitrogens is 1. The van der Waals surface area contributed by atoms with Crippen LogP contribution < -0.4 is 10.1 Å². The third kappa shape index (κ3) is 3.95. The second-order valence-electron chi connectivity index (χ2n) is 4.36. The summed E-state index contributed by atoms with van der Waals surface area (Å²) in [5.41, 5.74) is 1.51. The van der Waals surface area contributed by atoms with Crippen LogP contribution in [0.25, 0.3) is 0 Å². The van der Waals surface area contributed by atoms with Gasteiger partial charge in [-0.3, -0.25) is 0 Å². The fourth-order valence-electron chi connectivity index (χ4n) is 1.61. The summed E-state index contributed by atoms with van der Waals surface area (Å²) in [6.45, 7) is 4.10. The van der Waals surface area contributed by atoms with E-state index in [0.717, 1.165) is 17.9 Å². The first kappa shape index (κ1) is 13.3. The zero-order chi connectivity index (χ0) is 13.7. The van der Waals surface area contributed by atoms with Gasteiger partial charge in [0.2, 0.25) is 5.95 Å². The predicted molar refractivity (Wildman–Crippen MR) is 74.3 cm³/mol. The molecule has 1 N–H and O–H groups in total. The Bertz CT molecular complexity index is 545. The maximum absolute atomic E-state index is 13.0. The van der Waals surface area contributed by atoms with E-state index in [9.17, 15) is 4.39 Å². The Kier molecular flexibility index (Phi) is 4.34. The van der Waals surface area contributed by atoms with Gasteiger partial charge in [-0.25, -0.2) is 4.98 Å². The number of ether oxygens (including phenoxy) is 1. The smallest absolute Gasteiger partial charge is 0.214 e. The van der Waals surface area contributed by atoms with Gasteiger partial charge in [0.25, 0.3) is 0 Å². The zero-order valence-electron chi connectivity index (χ0n) is 11.1. The summed E-state index contributed by atoms with van der Waals surface area (Å²) in [5.74, 6) is 0.297. The lowest BCUT2D eigenvalue weighted by molar-refractivity contribution is 0.217. The summed E-state index contributed by atoms with van der Waals surface area (Å²) >= 11 is 0. The number of hydrogen-bond donors (Lipinski definition) is 1. The summed E-state index contributed by atoms with van der Waals surface area (Å²) < 4.78 is 18.7. The van der Waals surface area contributed by atoms with E-state index in [1.54, 1.807) is 6.07 Å². The molecular formula is C15H17FN2O. The normalized spacial score (nSPS) is 11.9. The number of anilines is 2. The molecule has 0 aliphatic rings. The van der Waals surface area contributed by atoms with Crippen molar-refractivity contribution in [3.63, 3.8) is 0 Å². The van der Waals surface area contributed by atoms with Crippen LogP contribution in [0.2, 0.25) is 0 Å². The fourth-order valence-corrected chi connectivity index (χ4v) is 1.61. The summed E-state index contributed by atoms with van der Waals surface area (Å²) in [6.07, 6.45) is 2.55. The zero-order valence-corrected chi connectivity index (χ0v) is 11.1. The van der Waals surface area contributed by atoms with Crippen LogP contribution in [0.15, 0.2) is 42.6 Å². The van der Waals surface area contributed by atoms with Gasteiger partial charge in [0, 0.05) is 29.7 Å². The van der Waals surface area contributed by atoms with Gasteiger partial charge in [-0.05, 0) is 31.5 Å². The van der Waals surface area contributed by atoms with Gasteiger partial charge < -0.3 is 10.1 Å². The Hall–Kier alpha value is -2.10. The minimum Gasteiger partial charge on any atom is -0.491 e. The van der Waals surface area contributed by atoms with Crippen LogP contribution in [0, 0.1) is 5.95 Å². The number of pyridine rings is 1. The quantitative estimate of drug-likeness (QED) is 0.820. The van der Waals surface area contributed by atoms with Crippen LogP contribution in [0.3, 0.4) is 0 Å². The van der Waals surface area contributed by atoms with Crippen molar-refractivity contribution in [3.05, 3.63) is 48.5 Å². The van der Waals surface area contributed by atoms with Crippen LogP contribution in [0.1, 0.15) is 20.3 Å². The third-order valence-corrected chi connectivity index (χ3v) is 2.76. The van der Waals surface area contributed by atoms with Gasteiger partial charge in [0.05, 0.1) is 6.10 Å². The number of hydrogen-bond acceptors (Lipinski definition) is 3. The SMILES string of the molecule is CCC(C)Oc1cccc(Nc2ccnc(F)c2)c1. The van der Waals surface area contributed by atoms with Gasteiger partial charge in [-0.2, -0.15) is 4.39 Å². The van der Waals surface area contributed by atoms with Crippen molar-refractivity contribution in [2.75, 3.05) is 5.32 Å². The minimum atomic E-state index is -0.503. The number of rotatable bonds is 5. The van der Waals surface area contributed by atoms with E-state index in [1.807, 2.05) is 31.2 Å². The number of benzene rings is 1. The second kappa shape index (κ2) is 6.18. The van der Waals surface area contributed by atoms with E-state index in [2.05, 4.69) is 17.2 Å². The number of nitrogens with zero attached hydrogens (tertiary/aromatic N) is 1. The molecule has 0 aliphatic carbocycles. The van der Waals surface area contributed by atoms with Crippen LogP contribution in [0.4, 0.5) is 15.8 Å². The molecule has 1 heterocycles.